The molecule has 30 N–H and O–H groups in total. The molecular weight excluding hydrogens is 881 g/mol. The van der Waals surface area contributed by atoms with Gasteiger partial charge in [0.25, 0.3) is 0 Å². The quantitative estimate of drug-likeness (QED) is 0.0169. The molecule has 28 nitrogen and oxygen atoms in total. The third-order valence-corrected chi connectivity index (χ3v) is 10.9. The normalized spacial score (nSPS) is 17.9. The van der Waals surface area contributed by atoms with Crippen molar-refractivity contribution in [1.29, 1.82) is 0 Å². The highest BCUT2D eigenvalue weighted by Gasteiger charge is 2.23. The fraction of sp³-hybridized carbons (Fsp3) is 0.800. The van der Waals surface area contributed by atoms with E-state index in [0.717, 1.165) is 52.1 Å². The van der Waals surface area contributed by atoms with E-state index in [1.54, 1.807) is 0 Å². The first-order chi connectivity index (χ1) is 32.4. The predicted molar refractivity (Wildman–Crippen MR) is 269 cm³/mol. The van der Waals surface area contributed by atoms with Crippen LogP contribution in [0.15, 0.2) is 20.0 Å². The van der Waals surface area contributed by atoms with Crippen LogP contribution in [0.2, 0.25) is 0 Å². The lowest BCUT2D eigenvalue weighted by atomic mass is 10.1. The Hall–Kier alpha value is -5.36. The lowest BCUT2D eigenvalue weighted by Gasteiger charge is -2.34. The molecule has 0 aliphatic carbocycles. The van der Waals surface area contributed by atoms with Crippen molar-refractivity contribution in [2.24, 2.45) is 88.8 Å². The van der Waals surface area contributed by atoms with E-state index in [0.29, 0.717) is 117 Å². The second-order valence-corrected chi connectivity index (χ2v) is 16.9. The standard InChI is InChI=1S/C22H48N12O2.C18H40N12O2/c23-17(5-1-7-31-21(25)26)19(35)29-9-3-11-33-13-15-34(16-14-33)12-4-10-30-20(36)18(24)6-2-8-32-22(27)28;19-13(3-1-5-25-17(21)22)15(31)29-9-11-7-28-12(8-27-11)10-30-16(32)14(20)4-2-6-26-18(23)24/h17-18H,1-16,23-24H2,(H,29,35)(H,30,36)(H4,25,26,31)(H4,27,28,32);11-14,27-28H,1-10,19-20H2,(H,29,31)(H,30,32)(H4,21,22,25)(H4,23,24,26)/t17-,18-;11-,12-,13+,14+/m01/s1. The van der Waals surface area contributed by atoms with Crippen LogP contribution in [0.3, 0.4) is 0 Å². The molecular formula is C40H88N24O4. The zero-order valence-corrected chi connectivity index (χ0v) is 40.1. The molecule has 2 saturated heterocycles. The first-order valence-electron chi connectivity index (χ1n) is 23.6. The molecule has 0 aromatic carbocycles. The zero-order chi connectivity index (χ0) is 50.7. The summed E-state index contributed by atoms with van der Waals surface area (Å²) >= 11 is 0. The topological polar surface area (TPSA) is 509 Å². The number of amides is 4. The fourth-order valence-corrected chi connectivity index (χ4v) is 6.89. The summed E-state index contributed by atoms with van der Waals surface area (Å²) in [5, 5.41) is 18.2. The minimum Gasteiger partial charge on any atom is -0.370 e. The summed E-state index contributed by atoms with van der Waals surface area (Å²) in [6.45, 7) is 11.1. The molecule has 68 heavy (non-hydrogen) atoms. The molecule has 392 valence electrons. The monoisotopic (exact) mass is 969 g/mol. The average molecular weight is 969 g/mol. The number of piperazine rings is 2. The van der Waals surface area contributed by atoms with Crippen molar-refractivity contribution < 1.29 is 19.2 Å². The van der Waals surface area contributed by atoms with Crippen LogP contribution in [0.25, 0.3) is 0 Å². The third-order valence-electron chi connectivity index (χ3n) is 10.9. The number of hydrogen-bond acceptors (Lipinski definition) is 16. The van der Waals surface area contributed by atoms with Gasteiger partial charge in [0.1, 0.15) is 0 Å². The Morgan fingerprint density at radius 2 is 0.706 bits per heavy atom. The van der Waals surface area contributed by atoms with E-state index in [9.17, 15) is 19.2 Å². The van der Waals surface area contributed by atoms with E-state index in [2.05, 4.69) is 61.7 Å². The van der Waals surface area contributed by atoms with Gasteiger partial charge in [0.05, 0.1) is 24.2 Å². The molecule has 0 saturated carbocycles. The molecule has 2 aliphatic heterocycles. The first-order valence-corrected chi connectivity index (χ1v) is 23.6. The highest BCUT2D eigenvalue weighted by atomic mass is 16.2. The number of nitrogens with zero attached hydrogens (tertiary/aromatic N) is 6. The SMILES string of the molecule is NC(N)=NCCC[C@H](N)C(=O)NCCCN1CCN(CCCNC(=O)[C@@H](N)CCCN=C(N)N)CC1.NC(N)=NCCC[C@H](N)C(=O)NC[C@H]1CN[C@@H](CNC(=O)[C@@H](N)CCCN=C(N)N)CN1. The number of guanidine groups is 4. The van der Waals surface area contributed by atoms with Gasteiger partial charge >= 0.3 is 0 Å². The van der Waals surface area contributed by atoms with Crippen LogP contribution in [0.4, 0.5) is 0 Å². The Morgan fingerprint density at radius 3 is 0.956 bits per heavy atom. The Balaban J connectivity index is 0.000000685. The van der Waals surface area contributed by atoms with Crippen LogP contribution in [0, 0.1) is 0 Å². The van der Waals surface area contributed by atoms with E-state index in [-0.39, 0.29) is 59.6 Å². The molecule has 0 aromatic rings. The highest BCUT2D eigenvalue weighted by Crippen LogP contribution is 2.04. The predicted octanol–water partition coefficient (Wildman–Crippen LogP) is -8.71. The number of rotatable bonds is 32. The van der Waals surface area contributed by atoms with E-state index < -0.39 is 24.2 Å². The van der Waals surface area contributed by atoms with Gasteiger partial charge in [0.2, 0.25) is 23.6 Å². The molecule has 0 spiro atoms. The summed E-state index contributed by atoms with van der Waals surface area (Å²) < 4.78 is 0. The lowest BCUT2D eigenvalue weighted by molar-refractivity contribution is -0.123. The summed E-state index contributed by atoms with van der Waals surface area (Å²) in [6.07, 6.45) is 6.43. The van der Waals surface area contributed by atoms with Crippen molar-refractivity contribution in [3.05, 3.63) is 0 Å². The van der Waals surface area contributed by atoms with Crippen molar-refractivity contribution in [2.45, 2.75) is 100 Å². The second kappa shape index (κ2) is 36.7. The van der Waals surface area contributed by atoms with Gasteiger partial charge in [0, 0.05) is 104 Å². The third kappa shape index (κ3) is 31.6. The maximum Gasteiger partial charge on any atom is 0.236 e. The number of nitrogens with one attached hydrogen (secondary N) is 6. The number of nitrogens with two attached hydrogens (primary N) is 12. The molecule has 2 rings (SSSR count). The number of carbonyl (C=O) groups excluding carboxylic acids is 4. The van der Waals surface area contributed by atoms with Gasteiger partial charge in [-0.15, -0.1) is 0 Å². The van der Waals surface area contributed by atoms with Crippen molar-refractivity contribution >= 4 is 47.5 Å². The summed E-state index contributed by atoms with van der Waals surface area (Å²) in [6, 6.07) is -2.16. The molecule has 0 bridgehead atoms. The van der Waals surface area contributed by atoms with Crippen LogP contribution in [-0.4, -0.2) is 198 Å². The lowest BCUT2D eigenvalue weighted by Crippen LogP contribution is -2.61. The second-order valence-electron chi connectivity index (χ2n) is 16.9. The zero-order valence-electron chi connectivity index (χ0n) is 40.1. The summed E-state index contributed by atoms with van der Waals surface area (Å²) in [5.41, 5.74) is 65.7. The van der Waals surface area contributed by atoms with Gasteiger partial charge < -0.3 is 111 Å². The van der Waals surface area contributed by atoms with Gasteiger partial charge in [0.15, 0.2) is 23.8 Å². The number of carbonyl (C=O) groups is 4. The van der Waals surface area contributed by atoms with Gasteiger partial charge in [-0.05, 0) is 77.3 Å². The Bertz CT molecular complexity index is 1420. The van der Waals surface area contributed by atoms with E-state index >= 15 is 0 Å². The van der Waals surface area contributed by atoms with Crippen molar-refractivity contribution in [3.8, 4) is 0 Å². The van der Waals surface area contributed by atoms with Crippen molar-refractivity contribution in [2.75, 3.05) is 105 Å². The molecule has 0 aromatic heterocycles. The van der Waals surface area contributed by atoms with Crippen LogP contribution in [0.5, 0.6) is 0 Å². The number of aliphatic imine (C=N–C) groups is 4. The molecule has 28 heteroatoms. The molecule has 4 amide bonds. The molecule has 2 aliphatic rings. The van der Waals surface area contributed by atoms with E-state index in [4.69, 9.17) is 68.8 Å². The van der Waals surface area contributed by atoms with Crippen molar-refractivity contribution in [1.82, 2.24) is 41.7 Å². The number of hydrogen-bond donors (Lipinski definition) is 18. The minimum absolute atomic E-state index is 0.0270. The smallest absolute Gasteiger partial charge is 0.236 e. The van der Waals surface area contributed by atoms with Crippen LogP contribution in [-0.2, 0) is 19.2 Å². The maximum atomic E-state index is 12.1. The largest absolute Gasteiger partial charge is 0.370 e. The van der Waals surface area contributed by atoms with E-state index in [1.165, 1.54) is 0 Å². The maximum absolute atomic E-state index is 12.1. The molecule has 2 heterocycles. The highest BCUT2D eigenvalue weighted by molar-refractivity contribution is 5.83. The Kier molecular flexibility index (Phi) is 32.7. The van der Waals surface area contributed by atoms with Gasteiger partial charge in [-0.1, -0.05) is 0 Å². The van der Waals surface area contributed by atoms with Crippen LogP contribution >= 0.6 is 0 Å². The summed E-state index contributed by atoms with van der Waals surface area (Å²) in [5.74, 6) is -0.538. The molecule has 2 fully saturated rings. The van der Waals surface area contributed by atoms with Gasteiger partial charge in [-0.25, -0.2) is 0 Å². The van der Waals surface area contributed by atoms with Crippen LogP contribution < -0.4 is 101 Å². The van der Waals surface area contributed by atoms with Gasteiger partial charge in [-0.2, -0.15) is 0 Å². The molecule has 0 unspecified atom stereocenters. The summed E-state index contributed by atoms with van der Waals surface area (Å²) in [7, 11) is 0. The Labute approximate surface area is 401 Å². The van der Waals surface area contributed by atoms with E-state index in [1.807, 2.05) is 0 Å². The average Bonchev–Trinajstić information content (AvgIpc) is 3.30. The minimum atomic E-state index is -0.604. The van der Waals surface area contributed by atoms with Crippen LogP contribution in [0.1, 0.15) is 64.2 Å². The molecule has 6 atom stereocenters. The molecule has 0 radical (unpaired) electrons. The summed E-state index contributed by atoms with van der Waals surface area (Å²) in [4.78, 5) is 68.6. The van der Waals surface area contributed by atoms with Crippen molar-refractivity contribution in [3.63, 3.8) is 0 Å². The first kappa shape index (κ1) is 60.7. The van der Waals surface area contributed by atoms with Gasteiger partial charge in [-0.3, -0.25) is 39.1 Å². The Morgan fingerprint density at radius 1 is 0.441 bits per heavy atom. The fourth-order valence-electron chi connectivity index (χ4n) is 6.89.